The number of rotatable bonds is 3. The van der Waals surface area contributed by atoms with Crippen molar-refractivity contribution >= 4 is 15.9 Å². The highest BCUT2D eigenvalue weighted by Crippen LogP contribution is 2.21. The van der Waals surface area contributed by atoms with Crippen molar-refractivity contribution in [2.45, 2.75) is 6.54 Å². The second kappa shape index (κ2) is 5.77. The molecule has 5 heteroatoms. The van der Waals surface area contributed by atoms with Crippen LogP contribution in [-0.4, -0.2) is 9.55 Å². The highest BCUT2D eigenvalue weighted by Gasteiger charge is 2.08. The second-order valence-electron chi connectivity index (χ2n) is 4.66. The highest BCUT2D eigenvalue weighted by atomic mass is 79.9. The minimum absolute atomic E-state index is 0.361. The first-order valence-corrected chi connectivity index (χ1v) is 7.13. The summed E-state index contributed by atoms with van der Waals surface area (Å²) in [5.41, 5.74) is 1.50. The Hall–Kier alpha value is -2.01. The van der Waals surface area contributed by atoms with Gasteiger partial charge in [-0.2, -0.15) is 0 Å². The molecule has 1 aromatic heterocycles. The quantitative estimate of drug-likeness (QED) is 0.674. The van der Waals surface area contributed by atoms with Crippen LogP contribution in [0.1, 0.15) is 5.56 Å². The molecule has 0 atom stereocenters. The lowest BCUT2D eigenvalue weighted by Crippen LogP contribution is -2.02. The van der Waals surface area contributed by atoms with E-state index in [1.165, 1.54) is 12.1 Å². The van der Waals surface area contributed by atoms with Gasteiger partial charge in [0.2, 0.25) is 0 Å². The predicted molar refractivity (Wildman–Crippen MR) is 80.8 cm³/mol. The van der Waals surface area contributed by atoms with Crippen LogP contribution in [0, 0.1) is 11.6 Å². The number of hydrogen-bond acceptors (Lipinski definition) is 1. The minimum Gasteiger partial charge on any atom is -0.327 e. The van der Waals surface area contributed by atoms with Gasteiger partial charge in [-0.25, -0.2) is 13.8 Å². The number of halogens is 3. The van der Waals surface area contributed by atoms with E-state index in [0.29, 0.717) is 12.1 Å². The third-order valence-electron chi connectivity index (χ3n) is 3.09. The van der Waals surface area contributed by atoms with Crippen molar-refractivity contribution in [3.63, 3.8) is 0 Å². The highest BCUT2D eigenvalue weighted by molar-refractivity contribution is 9.10. The normalized spacial score (nSPS) is 10.8. The van der Waals surface area contributed by atoms with E-state index in [4.69, 9.17) is 0 Å². The van der Waals surface area contributed by atoms with Crippen LogP contribution in [0.5, 0.6) is 0 Å². The Morgan fingerprint density at radius 2 is 1.67 bits per heavy atom. The van der Waals surface area contributed by atoms with Crippen molar-refractivity contribution in [2.75, 3.05) is 0 Å². The molecule has 0 bridgehead atoms. The van der Waals surface area contributed by atoms with Crippen LogP contribution >= 0.6 is 15.9 Å². The largest absolute Gasteiger partial charge is 0.327 e. The predicted octanol–water partition coefficient (Wildman–Crippen LogP) is 4.64. The summed E-state index contributed by atoms with van der Waals surface area (Å²) in [6.07, 6.45) is 3.47. The van der Waals surface area contributed by atoms with E-state index >= 15 is 0 Å². The van der Waals surface area contributed by atoms with Gasteiger partial charge in [-0.15, -0.1) is 0 Å². The zero-order valence-corrected chi connectivity index (χ0v) is 12.5. The van der Waals surface area contributed by atoms with Crippen LogP contribution in [0.15, 0.2) is 59.3 Å². The summed E-state index contributed by atoms with van der Waals surface area (Å²) in [7, 11) is 0. The Bertz CT molecular complexity index is 746. The number of benzene rings is 2. The Morgan fingerprint density at radius 3 is 2.33 bits per heavy atom. The maximum Gasteiger partial charge on any atom is 0.140 e. The zero-order chi connectivity index (χ0) is 14.8. The van der Waals surface area contributed by atoms with E-state index in [1.807, 2.05) is 28.8 Å². The Balaban J connectivity index is 1.94. The standard InChI is InChI=1S/C16H11BrF2N2/c17-13-3-1-12(2-4-13)16-20-5-6-21(16)10-11-7-14(18)9-15(19)8-11/h1-9H,10H2. The summed E-state index contributed by atoms with van der Waals surface area (Å²) in [4.78, 5) is 4.32. The van der Waals surface area contributed by atoms with E-state index in [1.54, 1.807) is 12.4 Å². The summed E-state index contributed by atoms with van der Waals surface area (Å²) < 4.78 is 29.4. The van der Waals surface area contributed by atoms with Gasteiger partial charge in [-0.1, -0.05) is 28.1 Å². The van der Waals surface area contributed by atoms with E-state index < -0.39 is 11.6 Å². The van der Waals surface area contributed by atoms with E-state index in [2.05, 4.69) is 20.9 Å². The summed E-state index contributed by atoms with van der Waals surface area (Å²) in [5, 5.41) is 0. The van der Waals surface area contributed by atoms with Gasteiger partial charge in [0.15, 0.2) is 0 Å². The first-order chi connectivity index (χ1) is 10.1. The van der Waals surface area contributed by atoms with E-state index in [0.717, 1.165) is 21.9 Å². The number of aromatic nitrogens is 2. The van der Waals surface area contributed by atoms with Gasteiger partial charge >= 0.3 is 0 Å². The van der Waals surface area contributed by atoms with Crippen LogP contribution in [-0.2, 0) is 6.54 Å². The van der Waals surface area contributed by atoms with Crippen molar-refractivity contribution in [3.05, 3.63) is 76.5 Å². The van der Waals surface area contributed by atoms with Gasteiger partial charge in [-0.05, 0) is 29.8 Å². The Labute approximate surface area is 129 Å². The molecule has 1 heterocycles. The molecule has 0 fully saturated rings. The van der Waals surface area contributed by atoms with Crippen LogP contribution in [0.2, 0.25) is 0 Å². The summed E-state index contributed by atoms with van der Waals surface area (Å²) in [5.74, 6) is -0.391. The maximum absolute atomic E-state index is 13.3. The number of imidazole rings is 1. The molecule has 0 unspecified atom stereocenters. The fraction of sp³-hybridized carbons (Fsp3) is 0.0625. The molecule has 0 radical (unpaired) electrons. The third kappa shape index (κ3) is 3.19. The fourth-order valence-corrected chi connectivity index (χ4v) is 2.46. The Kier molecular flexibility index (Phi) is 3.84. The molecule has 3 aromatic rings. The summed E-state index contributed by atoms with van der Waals surface area (Å²) in [6.45, 7) is 0.361. The molecule has 106 valence electrons. The molecule has 0 amide bonds. The van der Waals surface area contributed by atoms with Crippen molar-refractivity contribution in [2.24, 2.45) is 0 Å². The summed E-state index contributed by atoms with van der Waals surface area (Å²) in [6, 6.07) is 11.3. The second-order valence-corrected chi connectivity index (χ2v) is 5.58. The first kappa shape index (κ1) is 13.9. The van der Waals surface area contributed by atoms with Crippen molar-refractivity contribution in [3.8, 4) is 11.4 Å². The molecule has 3 rings (SSSR count). The van der Waals surface area contributed by atoms with Crippen LogP contribution in [0.3, 0.4) is 0 Å². The maximum atomic E-state index is 13.3. The lowest BCUT2D eigenvalue weighted by molar-refractivity contribution is 0.577. The summed E-state index contributed by atoms with van der Waals surface area (Å²) >= 11 is 3.39. The third-order valence-corrected chi connectivity index (χ3v) is 3.62. The molecule has 0 aliphatic rings. The van der Waals surface area contributed by atoms with Crippen LogP contribution in [0.25, 0.3) is 11.4 Å². The van der Waals surface area contributed by atoms with Crippen molar-refractivity contribution in [1.82, 2.24) is 9.55 Å². The monoisotopic (exact) mass is 348 g/mol. The van der Waals surface area contributed by atoms with Crippen molar-refractivity contribution < 1.29 is 8.78 Å². The fourth-order valence-electron chi connectivity index (χ4n) is 2.20. The lowest BCUT2D eigenvalue weighted by Gasteiger charge is -2.08. The van der Waals surface area contributed by atoms with Crippen LogP contribution in [0.4, 0.5) is 8.78 Å². The van der Waals surface area contributed by atoms with E-state index in [-0.39, 0.29) is 0 Å². The number of hydrogen-bond donors (Lipinski definition) is 0. The van der Waals surface area contributed by atoms with Gasteiger partial charge in [0, 0.05) is 35.0 Å². The van der Waals surface area contributed by atoms with Gasteiger partial charge < -0.3 is 4.57 Å². The molecule has 0 saturated carbocycles. The Morgan fingerprint density at radius 1 is 1.00 bits per heavy atom. The average molecular weight is 349 g/mol. The van der Waals surface area contributed by atoms with Gasteiger partial charge in [-0.3, -0.25) is 0 Å². The van der Waals surface area contributed by atoms with Gasteiger partial charge in [0.25, 0.3) is 0 Å². The van der Waals surface area contributed by atoms with Crippen LogP contribution < -0.4 is 0 Å². The van der Waals surface area contributed by atoms with E-state index in [9.17, 15) is 8.78 Å². The van der Waals surface area contributed by atoms with Gasteiger partial charge in [0.05, 0.1) is 0 Å². The molecular weight excluding hydrogens is 338 g/mol. The van der Waals surface area contributed by atoms with Gasteiger partial charge in [0.1, 0.15) is 17.5 Å². The molecule has 0 N–H and O–H groups in total. The molecule has 0 aliphatic heterocycles. The molecule has 2 aromatic carbocycles. The average Bonchev–Trinajstić information content (AvgIpc) is 2.86. The molecular formula is C16H11BrF2N2. The smallest absolute Gasteiger partial charge is 0.140 e. The molecule has 21 heavy (non-hydrogen) atoms. The lowest BCUT2D eigenvalue weighted by atomic mass is 10.2. The minimum atomic E-state index is -0.574. The first-order valence-electron chi connectivity index (χ1n) is 6.34. The zero-order valence-electron chi connectivity index (χ0n) is 10.9. The topological polar surface area (TPSA) is 17.8 Å². The number of nitrogens with zero attached hydrogens (tertiary/aromatic N) is 2. The molecule has 2 nitrogen and oxygen atoms in total. The molecule has 0 saturated heterocycles. The molecule has 0 aliphatic carbocycles. The van der Waals surface area contributed by atoms with Crippen molar-refractivity contribution in [1.29, 1.82) is 0 Å². The molecule has 0 spiro atoms. The SMILES string of the molecule is Fc1cc(F)cc(Cn2ccnc2-c2ccc(Br)cc2)c1.